The van der Waals surface area contributed by atoms with Crippen LogP contribution in [0.2, 0.25) is 0 Å². The standard InChI is InChI=1S/C11H20N2S/c1-9(2)13-8-11(3,4)7-10-12-5-6-14-10/h5-6,9,13H,7-8H2,1-4H3. The van der Waals surface area contributed by atoms with Crippen LogP contribution in [0.4, 0.5) is 0 Å². The van der Waals surface area contributed by atoms with Crippen LogP contribution in [0.25, 0.3) is 0 Å². The average Bonchev–Trinajstić information content (AvgIpc) is 2.53. The molecule has 14 heavy (non-hydrogen) atoms. The van der Waals surface area contributed by atoms with Gasteiger partial charge >= 0.3 is 0 Å². The fraction of sp³-hybridized carbons (Fsp3) is 0.727. The van der Waals surface area contributed by atoms with E-state index in [2.05, 4.69) is 38.0 Å². The maximum Gasteiger partial charge on any atom is 0.0930 e. The van der Waals surface area contributed by atoms with Gasteiger partial charge in [0.2, 0.25) is 0 Å². The normalized spacial score (nSPS) is 12.4. The lowest BCUT2D eigenvalue weighted by Gasteiger charge is -2.25. The molecule has 0 aliphatic carbocycles. The van der Waals surface area contributed by atoms with E-state index in [4.69, 9.17) is 0 Å². The summed E-state index contributed by atoms with van der Waals surface area (Å²) in [6, 6.07) is 0.561. The predicted molar refractivity (Wildman–Crippen MR) is 62.7 cm³/mol. The molecular weight excluding hydrogens is 192 g/mol. The number of hydrogen-bond donors (Lipinski definition) is 1. The Balaban J connectivity index is 2.41. The van der Waals surface area contributed by atoms with Gasteiger partial charge in [-0.25, -0.2) is 4.98 Å². The topological polar surface area (TPSA) is 24.9 Å². The fourth-order valence-electron chi connectivity index (χ4n) is 1.29. The summed E-state index contributed by atoms with van der Waals surface area (Å²) in [7, 11) is 0. The molecule has 80 valence electrons. The van der Waals surface area contributed by atoms with Crippen LogP contribution in [-0.2, 0) is 6.42 Å². The van der Waals surface area contributed by atoms with Crippen molar-refractivity contribution in [2.75, 3.05) is 6.54 Å². The number of rotatable bonds is 5. The molecule has 1 heterocycles. The van der Waals surface area contributed by atoms with Gasteiger partial charge in [-0.15, -0.1) is 11.3 Å². The van der Waals surface area contributed by atoms with Crippen LogP contribution >= 0.6 is 11.3 Å². The molecule has 0 unspecified atom stereocenters. The highest BCUT2D eigenvalue weighted by atomic mass is 32.1. The number of nitrogens with one attached hydrogen (secondary N) is 1. The van der Waals surface area contributed by atoms with Crippen molar-refractivity contribution in [3.05, 3.63) is 16.6 Å². The second kappa shape index (κ2) is 4.89. The molecule has 0 saturated heterocycles. The van der Waals surface area contributed by atoms with Crippen molar-refractivity contribution < 1.29 is 0 Å². The molecule has 0 spiro atoms. The number of thiazole rings is 1. The summed E-state index contributed by atoms with van der Waals surface area (Å²) in [5, 5.41) is 6.75. The highest BCUT2D eigenvalue weighted by Gasteiger charge is 2.19. The first-order valence-corrected chi connectivity index (χ1v) is 5.99. The fourth-order valence-corrected chi connectivity index (χ4v) is 2.17. The van der Waals surface area contributed by atoms with Crippen molar-refractivity contribution in [2.24, 2.45) is 5.41 Å². The van der Waals surface area contributed by atoms with Crippen LogP contribution in [0, 0.1) is 5.41 Å². The quantitative estimate of drug-likeness (QED) is 0.811. The van der Waals surface area contributed by atoms with E-state index in [1.807, 2.05) is 11.6 Å². The van der Waals surface area contributed by atoms with Crippen molar-refractivity contribution in [1.82, 2.24) is 10.3 Å². The van der Waals surface area contributed by atoms with Gasteiger partial charge in [0.25, 0.3) is 0 Å². The van der Waals surface area contributed by atoms with Gasteiger partial charge in [-0.05, 0) is 5.41 Å². The molecule has 0 fully saturated rings. The minimum absolute atomic E-state index is 0.294. The van der Waals surface area contributed by atoms with E-state index >= 15 is 0 Å². The summed E-state index contributed by atoms with van der Waals surface area (Å²) >= 11 is 1.75. The van der Waals surface area contributed by atoms with Gasteiger partial charge < -0.3 is 5.32 Å². The van der Waals surface area contributed by atoms with Crippen molar-refractivity contribution in [1.29, 1.82) is 0 Å². The van der Waals surface area contributed by atoms with E-state index in [1.165, 1.54) is 5.01 Å². The predicted octanol–water partition coefficient (Wildman–Crippen LogP) is 2.71. The minimum atomic E-state index is 0.294. The Morgan fingerprint density at radius 1 is 1.50 bits per heavy atom. The first kappa shape index (κ1) is 11.7. The Hall–Kier alpha value is -0.410. The van der Waals surface area contributed by atoms with Crippen LogP contribution in [0.1, 0.15) is 32.7 Å². The second-order valence-corrected chi connectivity index (χ2v) is 5.78. The summed E-state index contributed by atoms with van der Waals surface area (Å²) in [5.74, 6) is 0. The molecule has 1 aromatic heterocycles. The highest BCUT2D eigenvalue weighted by Crippen LogP contribution is 2.22. The third kappa shape index (κ3) is 4.20. The molecule has 0 saturated carbocycles. The molecule has 2 nitrogen and oxygen atoms in total. The summed E-state index contributed by atoms with van der Waals surface area (Å²) < 4.78 is 0. The van der Waals surface area contributed by atoms with Gasteiger partial charge in [0.15, 0.2) is 0 Å². The molecule has 3 heteroatoms. The van der Waals surface area contributed by atoms with E-state index in [9.17, 15) is 0 Å². The van der Waals surface area contributed by atoms with Gasteiger partial charge in [-0.3, -0.25) is 0 Å². The smallest absolute Gasteiger partial charge is 0.0930 e. The molecule has 0 atom stereocenters. The van der Waals surface area contributed by atoms with Crippen molar-refractivity contribution in [3.8, 4) is 0 Å². The van der Waals surface area contributed by atoms with Crippen LogP contribution < -0.4 is 5.32 Å². The number of hydrogen-bond acceptors (Lipinski definition) is 3. The molecule has 0 aromatic carbocycles. The van der Waals surface area contributed by atoms with E-state index in [0.717, 1.165) is 13.0 Å². The van der Waals surface area contributed by atoms with Crippen molar-refractivity contribution in [2.45, 2.75) is 40.2 Å². The summed E-state index contributed by atoms with van der Waals surface area (Å²) in [6.07, 6.45) is 2.94. The highest BCUT2D eigenvalue weighted by molar-refractivity contribution is 7.09. The molecule has 0 amide bonds. The third-order valence-electron chi connectivity index (χ3n) is 2.10. The zero-order valence-corrected chi connectivity index (χ0v) is 10.3. The first-order chi connectivity index (χ1) is 6.49. The zero-order valence-electron chi connectivity index (χ0n) is 9.50. The van der Waals surface area contributed by atoms with Gasteiger partial charge in [-0.1, -0.05) is 27.7 Å². The lowest BCUT2D eigenvalue weighted by molar-refractivity contribution is 0.325. The lowest BCUT2D eigenvalue weighted by atomic mass is 9.89. The molecule has 1 N–H and O–H groups in total. The van der Waals surface area contributed by atoms with Crippen LogP contribution in [-0.4, -0.2) is 17.6 Å². The molecule has 0 aliphatic heterocycles. The monoisotopic (exact) mass is 212 g/mol. The molecule has 0 radical (unpaired) electrons. The minimum Gasteiger partial charge on any atom is -0.314 e. The Morgan fingerprint density at radius 2 is 2.21 bits per heavy atom. The summed E-state index contributed by atoms with van der Waals surface area (Å²) in [4.78, 5) is 4.32. The van der Waals surface area contributed by atoms with E-state index in [1.54, 1.807) is 11.3 Å². The number of nitrogens with zero attached hydrogens (tertiary/aromatic N) is 1. The third-order valence-corrected chi connectivity index (χ3v) is 2.88. The SMILES string of the molecule is CC(C)NCC(C)(C)Cc1nccs1. The van der Waals surface area contributed by atoms with Crippen LogP contribution in [0.3, 0.4) is 0 Å². The maximum atomic E-state index is 4.32. The Kier molecular flexibility index (Phi) is 4.08. The molecular formula is C11H20N2S. The summed E-state index contributed by atoms with van der Waals surface area (Å²) in [5.41, 5.74) is 0.294. The second-order valence-electron chi connectivity index (χ2n) is 4.80. The maximum absolute atomic E-state index is 4.32. The summed E-state index contributed by atoms with van der Waals surface area (Å²) in [6.45, 7) is 9.97. The van der Waals surface area contributed by atoms with E-state index < -0.39 is 0 Å². The van der Waals surface area contributed by atoms with E-state index in [0.29, 0.717) is 11.5 Å². The molecule has 0 aliphatic rings. The van der Waals surface area contributed by atoms with Gasteiger partial charge in [-0.2, -0.15) is 0 Å². The average molecular weight is 212 g/mol. The largest absolute Gasteiger partial charge is 0.314 e. The Bertz CT molecular complexity index is 252. The van der Waals surface area contributed by atoms with Gasteiger partial charge in [0.1, 0.15) is 0 Å². The van der Waals surface area contributed by atoms with Gasteiger partial charge in [0.05, 0.1) is 5.01 Å². The number of aromatic nitrogens is 1. The van der Waals surface area contributed by atoms with Gasteiger partial charge in [0, 0.05) is 30.6 Å². The first-order valence-electron chi connectivity index (χ1n) is 5.11. The van der Waals surface area contributed by atoms with E-state index in [-0.39, 0.29) is 0 Å². The van der Waals surface area contributed by atoms with Crippen LogP contribution in [0.5, 0.6) is 0 Å². The zero-order chi connectivity index (χ0) is 10.6. The lowest BCUT2D eigenvalue weighted by Crippen LogP contribution is -2.35. The molecule has 1 rings (SSSR count). The molecule has 0 bridgehead atoms. The van der Waals surface area contributed by atoms with Crippen LogP contribution in [0.15, 0.2) is 11.6 Å². The van der Waals surface area contributed by atoms with Crippen molar-refractivity contribution >= 4 is 11.3 Å². The Labute approximate surface area is 90.8 Å². The molecule has 1 aromatic rings. The van der Waals surface area contributed by atoms with Crippen molar-refractivity contribution in [3.63, 3.8) is 0 Å². The Morgan fingerprint density at radius 3 is 2.71 bits per heavy atom.